The summed E-state index contributed by atoms with van der Waals surface area (Å²) in [5.41, 5.74) is 1.17. The van der Waals surface area contributed by atoms with Gasteiger partial charge in [0.1, 0.15) is 0 Å². The summed E-state index contributed by atoms with van der Waals surface area (Å²) >= 11 is 0. The molecule has 0 bridgehead atoms. The first-order valence-electron chi connectivity index (χ1n) is 4.88. The van der Waals surface area contributed by atoms with Crippen molar-refractivity contribution in [1.82, 2.24) is 0 Å². The second kappa shape index (κ2) is 5.28. The van der Waals surface area contributed by atoms with E-state index < -0.39 is 0 Å². The number of rotatable bonds is 4. The average Bonchev–Trinajstić information content (AvgIpc) is 2.21. The van der Waals surface area contributed by atoms with Gasteiger partial charge in [-0.2, -0.15) is 0 Å². The Morgan fingerprint density at radius 1 is 1.29 bits per heavy atom. The Labute approximate surface area is 86.4 Å². The molecule has 0 fully saturated rings. The highest BCUT2D eigenvalue weighted by Gasteiger charge is 2.06. The van der Waals surface area contributed by atoms with Gasteiger partial charge in [-0.25, -0.2) is 0 Å². The van der Waals surface area contributed by atoms with E-state index in [1.807, 2.05) is 31.3 Å². The van der Waals surface area contributed by atoms with Crippen molar-refractivity contribution in [1.29, 1.82) is 0 Å². The summed E-state index contributed by atoms with van der Waals surface area (Å²) in [7, 11) is 0. The van der Waals surface area contributed by atoms with Crippen LogP contribution >= 0.6 is 0 Å². The van der Waals surface area contributed by atoms with E-state index in [-0.39, 0.29) is 0 Å². The van der Waals surface area contributed by atoms with Crippen LogP contribution in [0.25, 0.3) is 0 Å². The summed E-state index contributed by atoms with van der Waals surface area (Å²) in [6.45, 7) is 8.01. The van der Waals surface area contributed by atoms with E-state index >= 15 is 0 Å². The van der Waals surface area contributed by atoms with E-state index in [0.717, 1.165) is 0 Å². The van der Waals surface area contributed by atoms with Crippen molar-refractivity contribution in [3.63, 3.8) is 0 Å². The summed E-state index contributed by atoms with van der Waals surface area (Å²) in [4.78, 5) is 2.14. The Kier molecular flexibility index (Phi) is 3.99. The smallest absolute Gasteiger partial charge is 0.0487 e. The lowest BCUT2D eigenvalue weighted by molar-refractivity contribution is 0.857. The maximum Gasteiger partial charge on any atom is 0.0487 e. The van der Waals surface area contributed by atoms with Crippen LogP contribution in [0.1, 0.15) is 13.8 Å². The van der Waals surface area contributed by atoms with Crippen LogP contribution in [0.15, 0.2) is 55.3 Å². The molecule has 0 saturated carbocycles. The second-order valence-electron chi connectivity index (χ2n) is 3.19. The molecule has 0 heterocycles. The van der Waals surface area contributed by atoms with Crippen molar-refractivity contribution in [2.24, 2.45) is 0 Å². The lowest BCUT2D eigenvalue weighted by Gasteiger charge is -2.25. The number of allylic oxidation sites excluding steroid dienone is 1. The highest BCUT2D eigenvalue weighted by Crippen LogP contribution is 2.16. The largest absolute Gasteiger partial charge is 0.342 e. The van der Waals surface area contributed by atoms with Crippen LogP contribution in [-0.4, -0.2) is 6.04 Å². The molecule has 0 saturated heterocycles. The van der Waals surface area contributed by atoms with Gasteiger partial charge >= 0.3 is 0 Å². The Balaban J connectivity index is 2.87. The molecule has 1 aromatic carbocycles. The molecule has 0 amide bonds. The maximum atomic E-state index is 3.83. The highest BCUT2D eigenvalue weighted by molar-refractivity contribution is 5.50. The third-order valence-corrected chi connectivity index (χ3v) is 2.16. The SMILES string of the molecule is C=CN(c1ccccc1)C(C)/C=C\C. The molecule has 0 aliphatic carbocycles. The molecule has 0 aromatic heterocycles. The minimum absolute atomic E-state index is 0.347. The zero-order valence-corrected chi connectivity index (χ0v) is 8.85. The van der Waals surface area contributed by atoms with Crippen LogP contribution in [0.4, 0.5) is 5.69 Å². The lowest BCUT2D eigenvalue weighted by Crippen LogP contribution is -2.25. The van der Waals surface area contributed by atoms with Gasteiger partial charge in [0.15, 0.2) is 0 Å². The third-order valence-electron chi connectivity index (χ3n) is 2.16. The Bertz CT molecular complexity index is 300. The van der Waals surface area contributed by atoms with Gasteiger partial charge in [-0.05, 0) is 32.2 Å². The summed E-state index contributed by atoms with van der Waals surface area (Å²) < 4.78 is 0. The first-order chi connectivity index (χ1) is 6.79. The van der Waals surface area contributed by atoms with Gasteiger partial charge in [-0.3, -0.25) is 0 Å². The zero-order chi connectivity index (χ0) is 10.4. The van der Waals surface area contributed by atoms with E-state index in [2.05, 4.69) is 42.7 Å². The minimum atomic E-state index is 0.347. The number of anilines is 1. The molecule has 1 rings (SSSR count). The predicted octanol–water partition coefficient (Wildman–Crippen LogP) is 3.60. The Hall–Kier alpha value is -1.50. The molecule has 0 aliphatic rings. The molecule has 0 N–H and O–H groups in total. The third kappa shape index (κ3) is 2.49. The molecule has 74 valence electrons. The molecular formula is C13H17N. The molecular weight excluding hydrogens is 170 g/mol. The van der Waals surface area contributed by atoms with Crippen molar-refractivity contribution >= 4 is 5.69 Å². The van der Waals surface area contributed by atoms with Crippen molar-refractivity contribution in [3.8, 4) is 0 Å². The highest BCUT2D eigenvalue weighted by atomic mass is 15.1. The van der Waals surface area contributed by atoms with E-state index in [1.54, 1.807) is 0 Å². The van der Waals surface area contributed by atoms with Gasteiger partial charge in [0.2, 0.25) is 0 Å². The summed E-state index contributed by atoms with van der Waals surface area (Å²) in [6, 6.07) is 10.6. The van der Waals surface area contributed by atoms with Crippen molar-refractivity contribution in [2.45, 2.75) is 19.9 Å². The first kappa shape index (κ1) is 10.6. The molecule has 1 aromatic rings. The van der Waals surface area contributed by atoms with Gasteiger partial charge in [-0.15, -0.1) is 0 Å². The van der Waals surface area contributed by atoms with E-state index in [1.165, 1.54) is 5.69 Å². The molecule has 1 nitrogen and oxygen atoms in total. The number of para-hydroxylation sites is 1. The standard InChI is InChI=1S/C13H17N/c1-4-9-12(3)14(5-2)13-10-7-6-8-11-13/h4-12H,2H2,1,3H3/b9-4-. The molecule has 0 radical (unpaired) electrons. The van der Waals surface area contributed by atoms with E-state index in [0.29, 0.717) is 6.04 Å². The van der Waals surface area contributed by atoms with E-state index in [4.69, 9.17) is 0 Å². The molecule has 1 unspecified atom stereocenters. The fraction of sp³-hybridized carbons (Fsp3) is 0.231. The molecule has 0 spiro atoms. The Morgan fingerprint density at radius 2 is 1.93 bits per heavy atom. The summed E-state index contributed by atoms with van der Waals surface area (Å²) in [5.74, 6) is 0. The summed E-state index contributed by atoms with van der Waals surface area (Å²) in [5, 5.41) is 0. The van der Waals surface area contributed by atoms with Crippen LogP contribution in [0.5, 0.6) is 0 Å². The van der Waals surface area contributed by atoms with E-state index in [9.17, 15) is 0 Å². The molecule has 1 heteroatoms. The molecule has 1 atom stereocenters. The summed E-state index contributed by atoms with van der Waals surface area (Å²) in [6.07, 6.45) is 6.07. The lowest BCUT2D eigenvalue weighted by atomic mass is 10.2. The predicted molar refractivity (Wildman–Crippen MR) is 63.4 cm³/mol. The molecule has 14 heavy (non-hydrogen) atoms. The van der Waals surface area contributed by atoms with Crippen LogP contribution < -0.4 is 4.90 Å². The van der Waals surface area contributed by atoms with Crippen molar-refractivity contribution in [3.05, 3.63) is 55.3 Å². The zero-order valence-electron chi connectivity index (χ0n) is 8.85. The van der Waals surface area contributed by atoms with Gasteiger partial charge in [-0.1, -0.05) is 36.9 Å². The monoisotopic (exact) mass is 187 g/mol. The average molecular weight is 187 g/mol. The minimum Gasteiger partial charge on any atom is -0.342 e. The second-order valence-corrected chi connectivity index (χ2v) is 3.19. The van der Waals surface area contributed by atoms with Crippen LogP contribution in [-0.2, 0) is 0 Å². The number of benzene rings is 1. The van der Waals surface area contributed by atoms with Gasteiger partial charge in [0.25, 0.3) is 0 Å². The van der Waals surface area contributed by atoms with Gasteiger partial charge in [0.05, 0.1) is 0 Å². The number of hydrogen-bond donors (Lipinski definition) is 0. The van der Waals surface area contributed by atoms with Gasteiger partial charge in [0, 0.05) is 11.7 Å². The number of hydrogen-bond acceptors (Lipinski definition) is 1. The fourth-order valence-electron chi connectivity index (χ4n) is 1.48. The normalized spacial score (nSPS) is 12.7. The van der Waals surface area contributed by atoms with Crippen molar-refractivity contribution < 1.29 is 0 Å². The molecule has 0 aliphatic heterocycles. The quantitative estimate of drug-likeness (QED) is 0.651. The topological polar surface area (TPSA) is 3.24 Å². The fourth-order valence-corrected chi connectivity index (χ4v) is 1.48. The first-order valence-corrected chi connectivity index (χ1v) is 4.88. The number of nitrogens with zero attached hydrogens (tertiary/aromatic N) is 1. The maximum absolute atomic E-state index is 3.83. The van der Waals surface area contributed by atoms with Gasteiger partial charge < -0.3 is 4.90 Å². The Morgan fingerprint density at radius 3 is 2.43 bits per heavy atom. The van der Waals surface area contributed by atoms with Crippen LogP contribution in [0.3, 0.4) is 0 Å². The van der Waals surface area contributed by atoms with Crippen molar-refractivity contribution in [2.75, 3.05) is 4.90 Å². The van der Waals surface area contributed by atoms with Crippen LogP contribution in [0.2, 0.25) is 0 Å². The van der Waals surface area contributed by atoms with Crippen LogP contribution in [0, 0.1) is 0 Å².